The van der Waals surface area contributed by atoms with Gasteiger partial charge in [0.15, 0.2) is 23.1 Å². The molecule has 0 bridgehead atoms. The first-order valence-electron chi connectivity index (χ1n) is 8.68. The van der Waals surface area contributed by atoms with Crippen LogP contribution in [0.3, 0.4) is 0 Å². The van der Waals surface area contributed by atoms with Crippen LogP contribution in [0.4, 0.5) is 4.79 Å². The number of ether oxygens (including phenoxy) is 3. The van der Waals surface area contributed by atoms with Crippen molar-refractivity contribution in [2.45, 2.75) is 26.4 Å². The average molecular weight is 380 g/mol. The lowest BCUT2D eigenvalue weighted by Crippen LogP contribution is -2.26. The molecule has 2 aromatic rings. The molecule has 1 aliphatic rings. The first-order valence-corrected chi connectivity index (χ1v) is 8.68. The minimum atomic E-state index is -0.853. The van der Waals surface area contributed by atoms with Gasteiger partial charge in [0.05, 0.1) is 12.7 Å². The first kappa shape index (κ1) is 19.4. The predicted molar refractivity (Wildman–Crippen MR) is 103 cm³/mol. The molecule has 6 heteroatoms. The Labute approximate surface area is 162 Å². The van der Waals surface area contributed by atoms with Crippen molar-refractivity contribution in [3.05, 3.63) is 64.7 Å². The quantitative estimate of drug-likeness (QED) is 0.338. The molecule has 0 N–H and O–H groups in total. The highest BCUT2D eigenvalue weighted by Crippen LogP contribution is 2.32. The summed E-state index contributed by atoms with van der Waals surface area (Å²) in [6.45, 7) is 5.19. The number of carbonyl (C=O) groups excluding carboxylic acids is 3. The number of methoxy groups -OCH3 is 1. The van der Waals surface area contributed by atoms with E-state index in [0.717, 1.165) is 0 Å². The number of carbonyl (C=O) groups is 3. The monoisotopic (exact) mass is 380 g/mol. The molecule has 0 saturated heterocycles. The van der Waals surface area contributed by atoms with Crippen molar-refractivity contribution >= 4 is 23.8 Å². The van der Waals surface area contributed by atoms with E-state index in [1.54, 1.807) is 57.2 Å². The summed E-state index contributed by atoms with van der Waals surface area (Å²) in [7, 11) is 1.43. The van der Waals surface area contributed by atoms with Crippen molar-refractivity contribution in [1.29, 1.82) is 0 Å². The smallest absolute Gasteiger partial charge is 0.493 e. The molecule has 0 unspecified atom stereocenters. The summed E-state index contributed by atoms with van der Waals surface area (Å²) in [6.07, 6.45) is 0.651. The lowest BCUT2D eigenvalue weighted by Gasteiger charge is -2.19. The molecule has 0 atom stereocenters. The van der Waals surface area contributed by atoms with E-state index >= 15 is 0 Å². The molecule has 0 fully saturated rings. The maximum absolute atomic E-state index is 12.5. The van der Waals surface area contributed by atoms with Gasteiger partial charge in [0, 0.05) is 11.1 Å². The SMILES string of the molecule is COc1cc(C=C2C(=O)c3ccccc3C2=O)ccc1OC(=O)OC(C)(C)C. The Kier molecular flexibility index (Phi) is 5.05. The summed E-state index contributed by atoms with van der Waals surface area (Å²) in [4.78, 5) is 36.9. The molecule has 0 heterocycles. The fourth-order valence-electron chi connectivity index (χ4n) is 2.79. The normalized spacial score (nSPS) is 13.2. The number of benzene rings is 2. The van der Waals surface area contributed by atoms with E-state index in [1.165, 1.54) is 19.3 Å². The zero-order valence-electron chi connectivity index (χ0n) is 16.1. The molecule has 1 aliphatic carbocycles. The third kappa shape index (κ3) is 3.96. The summed E-state index contributed by atoms with van der Waals surface area (Å²) in [6, 6.07) is 11.4. The van der Waals surface area contributed by atoms with Gasteiger partial charge in [-0.15, -0.1) is 0 Å². The third-order valence-electron chi connectivity index (χ3n) is 3.99. The van der Waals surface area contributed by atoms with Gasteiger partial charge in [0.2, 0.25) is 0 Å². The van der Waals surface area contributed by atoms with Crippen molar-refractivity contribution in [2.24, 2.45) is 0 Å². The topological polar surface area (TPSA) is 78.9 Å². The van der Waals surface area contributed by atoms with E-state index in [4.69, 9.17) is 14.2 Å². The molecule has 2 aromatic carbocycles. The minimum Gasteiger partial charge on any atom is -0.493 e. The van der Waals surface area contributed by atoms with Gasteiger partial charge in [-0.05, 0) is 44.5 Å². The molecule has 0 aliphatic heterocycles. The lowest BCUT2D eigenvalue weighted by molar-refractivity contribution is 0.0200. The van der Waals surface area contributed by atoms with Gasteiger partial charge in [0.25, 0.3) is 0 Å². The molecule has 0 saturated carbocycles. The van der Waals surface area contributed by atoms with Crippen molar-refractivity contribution in [1.82, 2.24) is 0 Å². The molecule has 6 nitrogen and oxygen atoms in total. The largest absolute Gasteiger partial charge is 0.514 e. The summed E-state index contributed by atoms with van der Waals surface area (Å²) in [5, 5.41) is 0. The number of rotatable bonds is 3. The van der Waals surface area contributed by atoms with Gasteiger partial charge >= 0.3 is 6.16 Å². The maximum atomic E-state index is 12.5. The zero-order valence-corrected chi connectivity index (χ0v) is 16.1. The van der Waals surface area contributed by atoms with Crippen molar-refractivity contribution in [3.63, 3.8) is 0 Å². The maximum Gasteiger partial charge on any atom is 0.514 e. The second-order valence-corrected chi connectivity index (χ2v) is 7.24. The highest BCUT2D eigenvalue weighted by Gasteiger charge is 2.32. The molecule has 0 aromatic heterocycles. The van der Waals surface area contributed by atoms with Crippen molar-refractivity contribution in [2.75, 3.05) is 7.11 Å². The van der Waals surface area contributed by atoms with Crippen LogP contribution in [-0.4, -0.2) is 30.4 Å². The Morgan fingerprint density at radius 3 is 2.07 bits per heavy atom. The van der Waals surface area contributed by atoms with Crippen LogP contribution in [0.5, 0.6) is 11.5 Å². The standard InChI is InChI=1S/C22H20O6/c1-22(2,3)28-21(25)27-17-10-9-13(12-18(17)26-4)11-16-19(23)14-7-5-6-8-15(14)20(16)24/h5-12H,1-4H3. The minimum absolute atomic E-state index is 0.0871. The number of ketones is 2. The van der Waals surface area contributed by atoms with Crippen LogP contribution in [0.2, 0.25) is 0 Å². The van der Waals surface area contributed by atoms with E-state index < -0.39 is 11.8 Å². The van der Waals surface area contributed by atoms with E-state index in [0.29, 0.717) is 16.7 Å². The van der Waals surface area contributed by atoms with Crippen LogP contribution in [0.25, 0.3) is 6.08 Å². The first-order chi connectivity index (χ1) is 13.2. The van der Waals surface area contributed by atoms with E-state index in [9.17, 15) is 14.4 Å². The van der Waals surface area contributed by atoms with Crippen LogP contribution in [0.1, 0.15) is 47.1 Å². The van der Waals surface area contributed by atoms with Crippen LogP contribution < -0.4 is 9.47 Å². The third-order valence-corrected chi connectivity index (χ3v) is 3.99. The van der Waals surface area contributed by atoms with Crippen molar-refractivity contribution < 1.29 is 28.6 Å². The summed E-state index contributed by atoms with van der Waals surface area (Å²) in [5.41, 5.74) is 0.764. The molecule has 0 amide bonds. The summed E-state index contributed by atoms with van der Waals surface area (Å²) >= 11 is 0. The zero-order chi connectivity index (χ0) is 20.5. The lowest BCUT2D eigenvalue weighted by atomic mass is 10.1. The van der Waals surface area contributed by atoms with Gasteiger partial charge in [-0.2, -0.15) is 0 Å². The summed E-state index contributed by atoms with van der Waals surface area (Å²) < 4.78 is 15.6. The summed E-state index contributed by atoms with van der Waals surface area (Å²) in [5.74, 6) is -0.177. The van der Waals surface area contributed by atoms with Crippen molar-refractivity contribution in [3.8, 4) is 11.5 Å². The van der Waals surface area contributed by atoms with Crippen LogP contribution in [0, 0.1) is 0 Å². The second kappa shape index (κ2) is 7.31. The Morgan fingerprint density at radius 2 is 1.54 bits per heavy atom. The van der Waals surface area contributed by atoms with Gasteiger partial charge in [-0.25, -0.2) is 4.79 Å². The van der Waals surface area contributed by atoms with E-state index in [1.807, 2.05) is 0 Å². The van der Waals surface area contributed by atoms with E-state index in [2.05, 4.69) is 0 Å². The second-order valence-electron chi connectivity index (χ2n) is 7.24. The molecule has 0 radical (unpaired) electrons. The highest BCUT2D eigenvalue weighted by molar-refractivity contribution is 6.41. The molecule has 28 heavy (non-hydrogen) atoms. The highest BCUT2D eigenvalue weighted by atomic mass is 16.7. The fourth-order valence-corrected chi connectivity index (χ4v) is 2.79. The number of Topliss-reactive ketones (excluding diaryl/α,β-unsaturated/α-hetero) is 2. The molecule has 144 valence electrons. The average Bonchev–Trinajstić information content (AvgIpc) is 2.86. The molecular weight excluding hydrogens is 360 g/mol. The molecule has 3 rings (SSSR count). The molecular formula is C22H20O6. The van der Waals surface area contributed by atoms with Crippen LogP contribution in [-0.2, 0) is 4.74 Å². The Morgan fingerprint density at radius 1 is 0.929 bits per heavy atom. The van der Waals surface area contributed by atoms with Gasteiger partial charge in [-0.1, -0.05) is 30.3 Å². The molecule has 0 spiro atoms. The van der Waals surface area contributed by atoms with Gasteiger partial charge in [0.1, 0.15) is 5.60 Å². The van der Waals surface area contributed by atoms with Gasteiger partial charge < -0.3 is 14.2 Å². The Bertz CT molecular complexity index is 957. The fraction of sp³-hybridized carbons (Fsp3) is 0.227. The number of fused-ring (bicyclic) bond motifs is 1. The number of hydrogen-bond acceptors (Lipinski definition) is 6. The Balaban J connectivity index is 1.87. The predicted octanol–water partition coefficient (Wildman–Crippen LogP) is 4.47. The Hall–Kier alpha value is -3.41. The van der Waals surface area contributed by atoms with Crippen LogP contribution in [0.15, 0.2) is 48.0 Å². The number of hydrogen-bond donors (Lipinski definition) is 0. The number of allylic oxidation sites excluding steroid dienone is 1. The van der Waals surface area contributed by atoms with Gasteiger partial charge in [-0.3, -0.25) is 9.59 Å². The van der Waals surface area contributed by atoms with E-state index in [-0.39, 0.29) is 28.6 Å². The van der Waals surface area contributed by atoms with Crippen LogP contribution >= 0.6 is 0 Å².